The first-order chi connectivity index (χ1) is 10.5. The average molecular weight is 295 g/mol. The van der Waals surface area contributed by atoms with E-state index < -0.39 is 0 Å². The minimum Gasteiger partial charge on any atom is -0.367 e. The van der Waals surface area contributed by atoms with E-state index in [1.807, 2.05) is 38.1 Å². The molecule has 2 amide bonds. The van der Waals surface area contributed by atoms with Gasteiger partial charge in [-0.3, -0.25) is 14.5 Å². The molecule has 4 rings (SSSR count). The number of carbonyl (C=O) groups is 2. The molecular weight excluding hydrogens is 278 g/mol. The van der Waals surface area contributed by atoms with Crippen LogP contribution in [0.25, 0.3) is 10.8 Å². The van der Waals surface area contributed by atoms with Gasteiger partial charge < -0.3 is 4.74 Å². The minimum absolute atomic E-state index is 0.125. The van der Waals surface area contributed by atoms with Crippen molar-refractivity contribution in [1.82, 2.24) is 4.90 Å². The zero-order valence-corrected chi connectivity index (χ0v) is 12.6. The number of rotatable bonds is 3. The normalized spacial score (nSPS) is 22.3. The summed E-state index contributed by atoms with van der Waals surface area (Å²) in [5, 5.41) is 1.71. The van der Waals surface area contributed by atoms with Crippen molar-refractivity contribution in [3.05, 3.63) is 47.5 Å². The van der Waals surface area contributed by atoms with Crippen molar-refractivity contribution in [2.24, 2.45) is 0 Å². The average Bonchev–Trinajstić information content (AvgIpc) is 3.11. The zero-order valence-electron chi connectivity index (χ0n) is 12.6. The second-order valence-electron chi connectivity index (χ2n) is 6.47. The third-order valence-corrected chi connectivity index (χ3v) is 4.63. The van der Waals surface area contributed by atoms with Crippen LogP contribution in [0.5, 0.6) is 0 Å². The maximum absolute atomic E-state index is 12.7. The molecule has 0 saturated carbocycles. The third kappa shape index (κ3) is 1.87. The summed E-state index contributed by atoms with van der Waals surface area (Å²) >= 11 is 0. The van der Waals surface area contributed by atoms with Gasteiger partial charge in [-0.05, 0) is 37.8 Å². The van der Waals surface area contributed by atoms with Gasteiger partial charge >= 0.3 is 0 Å². The van der Waals surface area contributed by atoms with E-state index in [1.165, 1.54) is 4.90 Å². The fourth-order valence-electron chi connectivity index (χ4n) is 3.27. The van der Waals surface area contributed by atoms with Crippen molar-refractivity contribution in [2.45, 2.75) is 32.0 Å². The highest BCUT2D eigenvalue weighted by atomic mass is 16.6. The lowest BCUT2D eigenvalue weighted by atomic mass is 9.94. The Bertz CT molecular complexity index is 758. The van der Waals surface area contributed by atoms with E-state index in [0.29, 0.717) is 24.1 Å². The van der Waals surface area contributed by atoms with Crippen LogP contribution in [0.2, 0.25) is 0 Å². The third-order valence-electron chi connectivity index (χ3n) is 4.63. The van der Waals surface area contributed by atoms with Gasteiger partial charge in [0.25, 0.3) is 11.8 Å². The lowest BCUT2D eigenvalue weighted by Gasteiger charge is -2.27. The maximum atomic E-state index is 12.7. The largest absolute Gasteiger partial charge is 0.367 e. The molecule has 0 N–H and O–H groups in total. The van der Waals surface area contributed by atoms with E-state index in [2.05, 4.69) is 0 Å². The Labute approximate surface area is 128 Å². The van der Waals surface area contributed by atoms with Gasteiger partial charge in [0.2, 0.25) is 0 Å². The molecule has 2 heterocycles. The molecule has 1 unspecified atom stereocenters. The van der Waals surface area contributed by atoms with Crippen LogP contribution in [-0.4, -0.2) is 35.0 Å². The van der Waals surface area contributed by atoms with E-state index in [1.54, 1.807) is 12.1 Å². The number of epoxide rings is 1. The Kier molecular flexibility index (Phi) is 2.69. The summed E-state index contributed by atoms with van der Waals surface area (Å²) in [5.41, 5.74) is 1.10. The molecule has 4 heteroatoms. The van der Waals surface area contributed by atoms with Crippen LogP contribution in [0.4, 0.5) is 0 Å². The number of carbonyl (C=O) groups excluding carboxylic acids is 2. The molecule has 2 aromatic carbocycles. The molecule has 0 bridgehead atoms. The first-order valence-electron chi connectivity index (χ1n) is 7.55. The van der Waals surface area contributed by atoms with Crippen molar-refractivity contribution >= 4 is 22.6 Å². The molecule has 0 radical (unpaired) electrons. The minimum atomic E-state index is -0.201. The van der Waals surface area contributed by atoms with Gasteiger partial charge in [0.1, 0.15) is 0 Å². The Morgan fingerprint density at radius 3 is 2.09 bits per heavy atom. The molecule has 2 aliphatic rings. The molecular formula is C18H17NO3. The van der Waals surface area contributed by atoms with Gasteiger partial charge in [0.15, 0.2) is 0 Å². The molecule has 2 aromatic rings. The summed E-state index contributed by atoms with van der Waals surface area (Å²) in [4.78, 5) is 26.7. The smallest absolute Gasteiger partial charge is 0.261 e. The second-order valence-corrected chi connectivity index (χ2v) is 6.47. The summed E-state index contributed by atoms with van der Waals surface area (Å²) in [6.45, 7) is 4.44. The molecule has 22 heavy (non-hydrogen) atoms. The van der Waals surface area contributed by atoms with E-state index in [9.17, 15) is 9.59 Å². The molecule has 1 saturated heterocycles. The van der Waals surface area contributed by atoms with Crippen molar-refractivity contribution < 1.29 is 14.3 Å². The SMILES string of the molecule is CC1(C)OC1CCN1C(=O)c2cccc3cccc(c23)C1=O. The molecule has 2 aliphatic heterocycles. The van der Waals surface area contributed by atoms with Crippen molar-refractivity contribution in [2.75, 3.05) is 6.54 Å². The van der Waals surface area contributed by atoms with E-state index in [-0.39, 0.29) is 23.5 Å². The number of ether oxygens (including phenoxy) is 1. The van der Waals surface area contributed by atoms with E-state index in [4.69, 9.17) is 4.74 Å². The maximum Gasteiger partial charge on any atom is 0.261 e. The van der Waals surface area contributed by atoms with E-state index >= 15 is 0 Å². The first kappa shape index (κ1) is 13.5. The topological polar surface area (TPSA) is 49.9 Å². The Hall–Kier alpha value is -2.20. The summed E-state index contributed by atoms with van der Waals surface area (Å²) < 4.78 is 5.54. The highest BCUT2D eigenvalue weighted by molar-refractivity contribution is 6.25. The lowest BCUT2D eigenvalue weighted by molar-refractivity contribution is 0.0606. The fraction of sp³-hybridized carbons (Fsp3) is 0.333. The zero-order chi connectivity index (χ0) is 15.5. The molecule has 0 aromatic heterocycles. The van der Waals surface area contributed by atoms with Gasteiger partial charge in [0.05, 0.1) is 11.7 Å². The van der Waals surface area contributed by atoms with Gasteiger partial charge in [0, 0.05) is 23.1 Å². The number of hydrogen-bond acceptors (Lipinski definition) is 3. The number of imide groups is 1. The van der Waals surface area contributed by atoms with Crippen LogP contribution < -0.4 is 0 Å². The standard InChI is InChI=1S/C18H17NO3/c1-18(2)14(22-18)9-10-19-16(20)12-7-3-5-11-6-4-8-13(15(11)12)17(19)21/h3-8,14H,9-10H2,1-2H3. The van der Waals surface area contributed by atoms with Crippen LogP contribution in [0.3, 0.4) is 0 Å². The molecule has 1 atom stereocenters. The number of amides is 2. The van der Waals surface area contributed by atoms with Gasteiger partial charge in [-0.25, -0.2) is 0 Å². The number of benzene rings is 2. The van der Waals surface area contributed by atoms with Crippen molar-refractivity contribution in [1.29, 1.82) is 0 Å². The monoisotopic (exact) mass is 295 g/mol. The predicted molar refractivity (Wildman–Crippen MR) is 82.9 cm³/mol. The number of hydrogen-bond donors (Lipinski definition) is 0. The summed E-state index contributed by atoms with van der Waals surface area (Å²) in [7, 11) is 0. The molecule has 1 fully saturated rings. The van der Waals surface area contributed by atoms with Crippen molar-refractivity contribution in [3.63, 3.8) is 0 Å². The van der Waals surface area contributed by atoms with E-state index in [0.717, 1.165) is 10.8 Å². The van der Waals surface area contributed by atoms with Crippen LogP contribution in [-0.2, 0) is 4.74 Å². The van der Waals surface area contributed by atoms with Crippen LogP contribution in [0, 0.1) is 0 Å². The Morgan fingerprint density at radius 2 is 1.59 bits per heavy atom. The molecule has 0 aliphatic carbocycles. The van der Waals surface area contributed by atoms with Crippen LogP contribution in [0.15, 0.2) is 36.4 Å². The van der Waals surface area contributed by atoms with Crippen molar-refractivity contribution in [3.8, 4) is 0 Å². The highest BCUT2D eigenvalue weighted by Crippen LogP contribution is 2.38. The quantitative estimate of drug-likeness (QED) is 0.646. The lowest BCUT2D eigenvalue weighted by Crippen LogP contribution is -2.41. The Balaban J connectivity index is 1.69. The predicted octanol–water partition coefficient (Wildman–Crippen LogP) is 3.00. The molecule has 4 nitrogen and oxygen atoms in total. The fourth-order valence-corrected chi connectivity index (χ4v) is 3.27. The second kappa shape index (κ2) is 4.40. The Morgan fingerprint density at radius 1 is 1.05 bits per heavy atom. The molecule has 0 spiro atoms. The van der Waals surface area contributed by atoms with Crippen LogP contribution >= 0.6 is 0 Å². The number of nitrogens with zero attached hydrogens (tertiary/aromatic N) is 1. The van der Waals surface area contributed by atoms with Gasteiger partial charge in [-0.2, -0.15) is 0 Å². The first-order valence-corrected chi connectivity index (χ1v) is 7.55. The van der Waals surface area contributed by atoms with Gasteiger partial charge in [-0.15, -0.1) is 0 Å². The summed E-state index contributed by atoms with van der Waals surface area (Å²) in [5.74, 6) is -0.402. The van der Waals surface area contributed by atoms with Gasteiger partial charge in [-0.1, -0.05) is 24.3 Å². The summed E-state index contributed by atoms with van der Waals surface area (Å²) in [6.07, 6.45) is 0.809. The molecule has 112 valence electrons. The summed E-state index contributed by atoms with van der Waals surface area (Å²) in [6, 6.07) is 11.2. The van der Waals surface area contributed by atoms with Crippen LogP contribution in [0.1, 0.15) is 41.0 Å². The highest BCUT2D eigenvalue weighted by Gasteiger charge is 2.48.